The second-order valence-corrected chi connectivity index (χ2v) is 7.05. The standard InChI is InChI=1S/C17H17NO3S/c1-21-15-10-7-14(8-11-15)17-12-9-13-5-3-4-6-16(13)18(17)22(2,19)20/h3-12,17H,1-2H3. The van der Waals surface area contributed by atoms with Gasteiger partial charge in [0.25, 0.3) is 0 Å². The number of benzene rings is 2. The van der Waals surface area contributed by atoms with Crippen molar-refractivity contribution in [3.05, 3.63) is 65.7 Å². The average molecular weight is 315 g/mol. The topological polar surface area (TPSA) is 46.6 Å². The van der Waals surface area contributed by atoms with Crippen LogP contribution in [0.15, 0.2) is 54.6 Å². The Morgan fingerprint density at radius 1 is 1.05 bits per heavy atom. The maximum absolute atomic E-state index is 12.3. The highest BCUT2D eigenvalue weighted by Crippen LogP contribution is 2.38. The second kappa shape index (κ2) is 5.50. The molecule has 0 aliphatic carbocycles. The maximum Gasteiger partial charge on any atom is 0.233 e. The third kappa shape index (κ3) is 2.60. The fourth-order valence-corrected chi connectivity index (χ4v) is 3.81. The molecular weight excluding hydrogens is 298 g/mol. The van der Waals surface area contributed by atoms with Gasteiger partial charge in [0.1, 0.15) is 5.75 Å². The zero-order chi connectivity index (χ0) is 15.7. The summed E-state index contributed by atoms with van der Waals surface area (Å²) in [5, 5.41) is 0. The zero-order valence-electron chi connectivity index (χ0n) is 12.4. The number of anilines is 1. The molecule has 3 rings (SSSR count). The number of hydrogen-bond acceptors (Lipinski definition) is 3. The summed E-state index contributed by atoms with van der Waals surface area (Å²) in [6.07, 6.45) is 5.11. The Morgan fingerprint density at radius 2 is 1.73 bits per heavy atom. The molecule has 0 spiro atoms. The Hall–Kier alpha value is -2.27. The molecule has 1 aliphatic rings. The summed E-state index contributed by atoms with van der Waals surface area (Å²) in [6, 6.07) is 14.6. The van der Waals surface area contributed by atoms with E-state index in [1.54, 1.807) is 7.11 Å². The van der Waals surface area contributed by atoms with Gasteiger partial charge in [0, 0.05) is 0 Å². The third-order valence-corrected chi connectivity index (χ3v) is 4.84. The largest absolute Gasteiger partial charge is 0.497 e. The molecule has 0 fully saturated rings. The van der Waals surface area contributed by atoms with E-state index in [1.807, 2.05) is 60.7 Å². The first kappa shape index (κ1) is 14.7. The lowest BCUT2D eigenvalue weighted by Crippen LogP contribution is -2.35. The molecule has 0 radical (unpaired) electrons. The zero-order valence-corrected chi connectivity index (χ0v) is 13.2. The summed E-state index contributed by atoms with van der Waals surface area (Å²) in [5.41, 5.74) is 2.50. The van der Waals surface area contributed by atoms with Gasteiger partial charge in [-0.2, -0.15) is 0 Å². The Labute approximate surface area is 130 Å². The predicted octanol–water partition coefficient (Wildman–Crippen LogP) is 3.23. The van der Waals surface area contributed by atoms with Crippen LogP contribution < -0.4 is 9.04 Å². The van der Waals surface area contributed by atoms with E-state index < -0.39 is 10.0 Å². The number of sulfonamides is 1. The summed E-state index contributed by atoms with van der Waals surface area (Å²) in [6.45, 7) is 0. The van der Waals surface area contributed by atoms with Crippen LogP contribution in [0.5, 0.6) is 5.75 Å². The Kier molecular flexibility index (Phi) is 3.66. The van der Waals surface area contributed by atoms with Crippen LogP contribution in [0.25, 0.3) is 6.08 Å². The summed E-state index contributed by atoms with van der Waals surface area (Å²) >= 11 is 0. The van der Waals surface area contributed by atoms with Crippen LogP contribution in [0.3, 0.4) is 0 Å². The van der Waals surface area contributed by atoms with Gasteiger partial charge in [0.05, 0.1) is 25.1 Å². The molecule has 22 heavy (non-hydrogen) atoms. The van der Waals surface area contributed by atoms with Crippen molar-refractivity contribution in [2.45, 2.75) is 6.04 Å². The lowest BCUT2D eigenvalue weighted by molar-refractivity contribution is 0.414. The highest BCUT2D eigenvalue weighted by molar-refractivity contribution is 7.92. The number of ether oxygens (including phenoxy) is 1. The quantitative estimate of drug-likeness (QED) is 0.873. The third-order valence-electron chi connectivity index (χ3n) is 3.70. The minimum atomic E-state index is -3.40. The molecule has 1 heterocycles. The van der Waals surface area contributed by atoms with Gasteiger partial charge in [-0.25, -0.2) is 8.42 Å². The van der Waals surface area contributed by atoms with Crippen LogP contribution in [0.1, 0.15) is 17.2 Å². The fraction of sp³-hybridized carbons (Fsp3) is 0.176. The van der Waals surface area contributed by atoms with Crippen LogP contribution >= 0.6 is 0 Å². The van der Waals surface area contributed by atoms with E-state index in [9.17, 15) is 8.42 Å². The van der Waals surface area contributed by atoms with Gasteiger partial charge in [-0.3, -0.25) is 4.31 Å². The molecule has 114 valence electrons. The van der Waals surface area contributed by atoms with Crippen LogP contribution in [-0.2, 0) is 10.0 Å². The average Bonchev–Trinajstić information content (AvgIpc) is 2.53. The number of nitrogens with zero attached hydrogens (tertiary/aromatic N) is 1. The SMILES string of the molecule is COc1ccc(C2C=Cc3ccccc3N2S(C)(=O)=O)cc1. The molecule has 0 aromatic heterocycles. The van der Waals surface area contributed by atoms with E-state index in [4.69, 9.17) is 4.74 Å². The van der Waals surface area contributed by atoms with Gasteiger partial charge in [-0.05, 0) is 29.3 Å². The molecule has 5 heteroatoms. The van der Waals surface area contributed by atoms with Crippen molar-refractivity contribution in [1.29, 1.82) is 0 Å². The van der Waals surface area contributed by atoms with Crippen molar-refractivity contribution < 1.29 is 13.2 Å². The molecule has 0 saturated carbocycles. The van der Waals surface area contributed by atoms with Gasteiger partial charge < -0.3 is 4.74 Å². The van der Waals surface area contributed by atoms with Gasteiger partial charge in [0.2, 0.25) is 10.0 Å². The van der Waals surface area contributed by atoms with E-state index in [1.165, 1.54) is 10.6 Å². The van der Waals surface area contributed by atoms with Crippen LogP contribution in [-0.4, -0.2) is 21.8 Å². The summed E-state index contributed by atoms with van der Waals surface area (Å²) in [5.74, 6) is 0.745. The van der Waals surface area contributed by atoms with E-state index in [0.717, 1.165) is 16.9 Å². The molecule has 2 aromatic carbocycles. The number of para-hydroxylation sites is 1. The van der Waals surface area contributed by atoms with Gasteiger partial charge >= 0.3 is 0 Å². The Balaban J connectivity index is 2.11. The van der Waals surface area contributed by atoms with Crippen molar-refractivity contribution in [2.24, 2.45) is 0 Å². The summed E-state index contributed by atoms with van der Waals surface area (Å²) < 4.78 is 31.3. The predicted molar refractivity (Wildman–Crippen MR) is 88.5 cm³/mol. The van der Waals surface area contributed by atoms with Crippen LogP contribution in [0.4, 0.5) is 5.69 Å². The molecule has 1 atom stereocenters. The molecule has 1 aliphatic heterocycles. The van der Waals surface area contributed by atoms with Gasteiger partial charge in [0.15, 0.2) is 0 Å². The molecule has 0 amide bonds. The minimum Gasteiger partial charge on any atom is -0.497 e. The van der Waals surface area contributed by atoms with Crippen molar-refractivity contribution in [3.63, 3.8) is 0 Å². The number of hydrogen-bond donors (Lipinski definition) is 0. The first-order valence-electron chi connectivity index (χ1n) is 6.91. The lowest BCUT2D eigenvalue weighted by atomic mass is 10.00. The summed E-state index contributed by atoms with van der Waals surface area (Å²) in [7, 11) is -1.80. The first-order valence-corrected chi connectivity index (χ1v) is 8.76. The minimum absolute atomic E-state index is 0.351. The molecule has 4 nitrogen and oxygen atoms in total. The molecular formula is C17H17NO3S. The molecule has 0 N–H and O–H groups in total. The molecule has 0 bridgehead atoms. The van der Waals surface area contributed by atoms with E-state index in [-0.39, 0.29) is 6.04 Å². The number of rotatable bonds is 3. The lowest BCUT2D eigenvalue weighted by Gasteiger charge is -2.34. The smallest absolute Gasteiger partial charge is 0.233 e. The first-order chi connectivity index (χ1) is 10.5. The highest BCUT2D eigenvalue weighted by Gasteiger charge is 2.30. The normalized spacial score (nSPS) is 17.2. The molecule has 1 unspecified atom stereocenters. The van der Waals surface area contributed by atoms with E-state index in [2.05, 4.69) is 0 Å². The van der Waals surface area contributed by atoms with Crippen molar-refractivity contribution in [3.8, 4) is 5.75 Å². The van der Waals surface area contributed by atoms with Gasteiger partial charge in [-0.1, -0.05) is 42.5 Å². The monoisotopic (exact) mass is 315 g/mol. The van der Waals surface area contributed by atoms with E-state index >= 15 is 0 Å². The van der Waals surface area contributed by atoms with Crippen molar-refractivity contribution in [2.75, 3.05) is 17.7 Å². The van der Waals surface area contributed by atoms with Crippen LogP contribution in [0.2, 0.25) is 0 Å². The summed E-state index contributed by atoms with van der Waals surface area (Å²) in [4.78, 5) is 0. The van der Waals surface area contributed by atoms with Crippen LogP contribution in [0, 0.1) is 0 Å². The molecule has 0 saturated heterocycles. The van der Waals surface area contributed by atoms with Crippen molar-refractivity contribution in [1.82, 2.24) is 0 Å². The molecule has 2 aromatic rings. The van der Waals surface area contributed by atoms with Gasteiger partial charge in [-0.15, -0.1) is 0 Å². The number of methoxy groups -OCH3 is 1. The second-order valence-electron chi connectivity index (χ2n) is 5.19. The number of fused-ring (bicyclic) bond motifs is 1. The maximum atomic E-state index is 12.3. The van der Waals surface area contributed by atoms with E-state index in [0.29, 0.717) is 5.69 Å². The van der Waals surface area contributed by atoms with Crippen molar-refractivity contribution >= 4 is 21.8 Å². The fourth-order valence-electron chi connectivity index (χ4n) is 2.68. The Bertz CT molecular complexity index is 810. The highest BCUT2D eigenvalue weighted by atomic mass is 32.2. The Morgan fingerprint density at radius 3 is 2.36 bits per heavy atom.